The van der Waals surface area contributed by atoms with Gasteiger partial charge in [-0.15, -0.1) is 0 Å². The van der Waals surface area contributed by atoms with Crippen molar-refractivity contribution in [3.05, 3.63) is 22.2 Å². The zero-order valence-corrected chi connectivity index (χ0v) is 7.00. The van der Waals surface area contributed by atoms with Crippen molar-refractivity contribution in [2.45, 2.75) is 0 Å². The van der Waals surface area contributed by atoms with Crippen molar-refractivity contribution in [3.8, 4) is 11.5 Å². The van der Waals surface area contributed by atoms with Crippen LogP contribution in [0.25, 0.3) is 0 Å². The first kappa shape index (κ1) is 8.07. The molecule has 2 N–H and O–H groups in total. The first-order chi connectivity index (χ1) is 5.15. The summed E-state index contributed by atoms with van der Waals surface area (Å²) in [5, 5.41) is 18.1. The van der Waals surface area contributed by atoms with Crippen molar-refractivity contribution in [1.82, 2.24) is 0 Å². The molecule has 0 amide bonds. The highest BCUT2D eigenvalue weighted by Crippen LogP contribution is 2.29. The van der Waals surface area contributed by atoms with E-state index in [4.69, 9.17) is 10.2 Å². The third-order valence-corrected chi connectivity index (χ3v) is 1.86. The van der Waals surface area contributed by atoms with Gasteiger partial charge in [0.15, 0.2) is 6.29 Å². The Morgan fingerprint density at radius 1 is 1.27 bits per heavy atom. The molecule has 0 spiro atoms. The molecule has 0 saturated heterocycles. The van der Waals surface area contributed by atoms with E-state index in [-0.39, 0.29) is 17.1 Å². The Balaban J connectivity index is 3.31. The molecule has 3 nitrogen and oxygen atoms in total. The molecule has 1 aromatic rings. The maximum absolute atomic E-state index is 10.2. The fourth-order valence-corrected chi connectivity index (χ4v) is 0.993. The van der Waals surface area contributed by atoms with E-state index in [1.54, 1.807) is 0 Å². The normalized spacial score (nSPS) is 9.55. The van der Waals surface area contributed by atoms with Crippen LogP contribution in [0.1, 0.15) is 10.4 Å². The van der Waals surface area contributed by atoms with E-state index in [0.29, 0.717) is 10.8 Å². The molecule has 1 aromatic carbocycles. The molecule has 0 fully saturated rings. The molecular weight excluding hydrogens is 212 g/mol. The van der Waals surface area contributed by atoms with E-state index in [9.17, 15) is 4.79 Å². The minimum atomic E-state index is -0.148. The predicted octanol–water partition coefficient (Wildman–Crippen LogP) is 1.67. The fourth-order valence-electron chi connectivity index (χ4n) is 0.662. The number of phenols is 2. The summed E-state index contributed by atoms with van der Waals surface area (Å²) < 4.78 is 0.362. The van der Waals surface area contributed by atoms with Crippen LogP contribution in [0.3, 0.4) is 0 Å². The summed E-state index contributed by atoms with van der Waals surface area (Å²) in [5.74, 6) is -0.213. The van der Waals surface area contributed by atoms with E-state index < -0.39 is 0 Å². The molecule has 0 aliphatic heterocycles. The van der Waals surface area contributed by atoms with Crippen LogP contribution in [0.15, 0.2) is 16.6 Å². The van der Waals surface area contributed by atoms with Gasteiger partial charge in [-0.2, -0.15) is 0 Å². The van der Waals surface area contributed by atoms with E-state index in [2.05, 4.69) is 15.9 Å². The number of halogens is 1. The maximum Gasteiger partial charge on any atom is 0.153 e. The molecule has 0 atom stereocenters. The molecule has 1 rings (SSSR count). The molecule has 0 unspecified atom stereocenters. The number of hydrogen-bond donors (Lipinski definition) is 2. The first-order valence-corrected chi connectivity index (χ1v) is 3.61. The molecule has 0 aliphatic carbocycles. The van der Waals surface area contributed by atoms with E-state index in [0.717, 1.165) is 0 Å². The van der Waals surface area contributed by atoms with Gasteiger partial charge in [-0.25, -0.2) is 0 Å². The van der Waals surface area contributed by atoms with Gasteiger partial charge in [0.05, 0.1) is 10.0 Å². The largest absolute Gasteiger partial charge is 0.507 e. The standard InChI is InChI=1S/C7H5BrO3/c8-5-2-6(10)4(3-9)1-7(5)11/h1-3,10-11H. The molecule has 0 radical (unpaired) electrons. The van der Waals surface area contributed by atoms with E-state index >= 15 is 0 Å². The van der Waals surface area contributed by atoms with Crippen molar-refractivity contribution >= 4 is 22.2 Å². The van der Waals surface area contributed by atoms with Crippen molar-refractivity contribution < 1.29 is 15.0 Å². The zero-order chi connectivity index (χ0) is 8.43. The first-order valence-electron chi connectivity index (χ1n) is 2.82. The van der Waals surface area contributed by atoms with Gasteiger partial charge in [-0.3, -0.25) is 4.79 Å². The van der Waals surface area contributed by atoms with Crippen LogP contribution in [-0.2, 0) is 0 Å². The van der Waals surface area contributed by atoms with Gasteiger partial charge in [0.1, 0.15) is 11.5 Å². The van der Waals surface area contributed by atoms with Crippen molar-refractivity contribution in [2.24, 2.45) is 0 Å². The summed E-state index contributed by atoms with van der Waals surface area (Å²) >= 11 is 2.98. The molecule has 0 aromatic heterocycles. The topological polar surface area (TPSA) is 57.5 Å². The highest BCUT2D eigenvalue weighted by Gasteiger charge is 2.04. The average Bonchev–Trinajstić information content (AvgIpc) is 1.97. The summed E-state index contributed by atoms with van der Waals surface area (Å²) in [7, 11) is 0. The minimum absolute atomic E-state index is 0.0649. The molecule has 4 heteroatoms. The van der Waals surface area contributed by atoms with Gasteiger partial charge in [-0.05, 0) is 28.1 Å². The molecule has 58 valence electrons. The average molecular weight is 217 g/mol. The number of phenolic OH excluding ortho intramolecular Hbond substituents is 2. The minimum Gasteiger partial charge on any atom is -0.507 e. The molecule has 0 saturated carbocycles. The lowest BCUT2D eigenvalue weighted by molar-refractivity contribution is 0.112. The van der Waals surface area contributed by atoms with Gasteiger partial charge >= 0.3 is 0 Å². The second-order valence-electron chi connectivity index (χ2n) is 1.98. The van der Waals surface area contributed by atoms with Crippen LogP contribution >= 0.6 is 15.9 Å². The smallest absolute Gasteiger partial charge is 0.153 e. The Bertz CT molecular complexity index is 296. The SMILES string of the molecule is O=Cc1cc(O)c(Br)cc1O. The fraction of sp³-hybridized carbons (Fsp3) is 0. The lowest BCUT2D eigenvalue weighted by atomic mass is 10.2. The van der Waals surface area contributed by atoms with Crippen LogP contribution < -0.4 is 0 Å². The van der Waals surface area contributed by atoms with Crippen molar-refractivity contribution in [1.29, 1.82) is 0 Å². The molecule has 0 aliphatic rings. The quantitative estimate of drug-likeness (QED) is 0.555. The predicted molar refractivity (Wildman–Crippen MR) is 42.9 cm³/mol. The van der Waals surface area contributed by atoms with Gasteiger partial charge in [0.2, 0.25) is 0 Å². The number of rotatable bonds is 1. The van der Waals surface area contributed by atoms with Gasteiger partial charge in [0, 0.05) is 0 Å². The summed E-state index contributed by atoms with van der Waals surface area (Å²) in [5.41, 5.74) is 0.0747. The maximum atomic E-state index is 10.2. The van der Waals surface area contributed by atoms with Crippen molar-refractivity contribution in [3.63, 3.8) is 0 Å². The van der Waals surface area contributed by atoms with Crippen LogP contribution in [0, 0.1) is 0 Å². The molecule has 0 bridgehead atoms. The zero-order valence-electron chi connectivity index (χ0n) is 5.41. The number of carbonyl (C=O) groups excluding carboxylic acids is 1. The summed E-state index contributed by atoms with van der Waals surface area (Å²) in [4.78, 5) is 10.2. The lowest BCUT2D eigenvalue weighted by Gasteiger charge is -1.99. The van der Waals surface area contributed by atoms with Crippen molar-refractivity contribution in [2.75, 3.05) is 0 Å². The Labute approximate surface area is 71.4 Å². The van der Waals surface area contributed by atoms with Crippen LogP contribution in [0.5, 0.6) is 11.5 Å². The third kappa shape index (κ3) is 1.51. The Morgan fingerprint density at radius 3 is 2.45 bits per heavy atom. The lowest BCUT2D eigenvalue weighted by Crippen LogP contribution is -1.81. The molecule has 0 heterocycles. The summed E-state index contributed by atoms with van der Waals surface area (Å²) in [6.45, 7) is 0. The Morgan fingerprint density at radius 2 is 1.91 bits per heavy atom. The van der Waals surface area contributed by atoms with E-state index in [1.165, 1.54) is 12.1 Å². The van der Waals surface area contributed by atoms with Gasteiger partial charge < -0.3 is 10.2 Å². The highest BCUT2D eigenvalue weighted by molar-refractivity contribution is 9.10. The number of carbonyl (C=O) groups is 1. The van der Waals surface area contributed by atoms with Gasteiger partial charge in [0.25, 0.3) is 0 Å². The summed E-state index contributed by atoms with van der Waals surface area (Å²) in [6, 6.07) is 2.45. The molecule has 11 heavy (non-hydrogen) atoms. The third-order valence-electron chi connectivity index (χ3n) is 1.22. The monoisotopic (exact) mass is 216 g/mol. The Kier molecular flexibility index (Phi) is 2.14. The van der Waals surface area contributed by atoms with E-state index in [1.807, 2.05) is 0 Å². The second-order valence-corrected chi connectivity index (χ2v) is 2.83. The second kappa shape index (κ2) is 2.92. The van der Waals surface area contributed by atoms with Crippen LogP contribution in [0.4, 0.5) is 0 Å². The van der Waals surface area contributed by atoms with Gasteiger partial charge in [-0.1, -0.05) is 0 Å². The highest BCUT2D eigenvalue weighted by atomic mass is 79.9. The van der Waals surface area contributed by atoms with Crippen LogP contribution in [-0.4, -0.2) is 16.5 Å². The summed E-state index contributed by atoms with van der Waals surface area (Å²) in [6.07, 6.45) is 0.474. The van der Waals surface area contributed by atoms with Crippen LogP contribution in [0.2, 0.25) is 0 Å². The number of hydrogen-bond acceptors (Lipinski definition) is 3. The molecular formula is C7H5BrO3. The Hall–Kier alpha value is -1.03. The number of benzene rings is 1. The number of aldehydes is 1. The number of aromatic hydroxyl groups is 2.